The van der Waals surface area contributed by atoms with Gasteiger partial charge in [-0.05, 0) is 30.5 Å². The van der Waals surface area contributed by atoms with Crippen molar-refractivity contribution in [1.82, 2.24) is 19.6 Å². The Labute approximate surface area is 152 Å². The summed E-state index contributed by atoms with van der Waals surface area (Å²) in [6.45, 7) is 3.23. The first-order valence-electron chi connectivity index (χ1n) is 8.95. The smallest absolute Gasteiger partial charge is 0.274 e. The Morgan fingerprint density at radius 3 is 2.73 bits per heavy atom. The highest BCUT2D eigenvalue weighted by molar-refractivity contribution is 5.98. The Morgan fingerprint density at radius 1 is 1.15 bits per heavy atom. The summed E-state index contributed by atoms with van der Waals surface area (Å²) in [6.07, 6.45) is 2.07. The standard InChI is InChI=1S/C19H22N4O3/c1-26-15-6-4-5-14(11-15)13-22-9-10-23-17(19(22)25)12-16(20-23)18(24)21-7-2-3-8-21/h4-6,11-12H,2-3,7-10,13H2,1H3. The maximum atomic E-state index is 12.8. The van der Waals surface area contributed by atoms with E-state index in [0.717, 1.165) is 37.2 Å². The number of methoxy groups -OCH3 is 1. The summed E-state index contributed by atoms with van der Waals surface area (Å²) >= 11 is 0. The van der Waals surface area contributed by atoms with Crippen molar-refractivity contribution in [3.63, 3.8) is 0 Å². The SMILES string of the molecule is COc1cccc(CN2CCn3nc(C(=O)N4CCCC4)cc3C2=O)c1. The van der Waals surface area contributed by atoms with Crippen molar-refractivity contribution in [2.75, 3.05) is 26.7 Å². The molecule has 136 valence electrons. The maximum absolute atomic E-state index is 12.8. The van der Waals surface area contributed by atoms with Gasteiger partial charge >= 0.3 is 0 Å². The molecule has 1 saturated heterocycles. The fourth-order valence-corrected chi connectivity index (χ4v) is 3.57. The minimum atomic E-state index is -0.0907. The average Bonchev–Trinajstić information content (AvgIpc) is 3.34. The zero-order chi connectivity index (χ0) is 18.1. The van der Waals surface area contributed by atoms with Crippen LogP contribution in [0.15, 0.2) is 30.3 Å². The minimum Gasteiger partial charge on any atom is -0.497 e. The van der Waals surface area contributed by atoms with Crippen LogP contribution in [0.4, 0.5) is 0 Å². The van der Waals surface area contributed by atoms with Crippen molar-refractivity contribution in [2.45, 2.75) is 25.9 Å². The highest BCUT2D eigenvalue weighted by Crippen LogP contribution is 2.20. The summed E-state index contributed by atoms with van der Waals surface area (Å²) in [4.78, 5) is 29.0. The van der Waals surface area contributed by atoms with E-state index >= 15 is 0 Å². The number of aromatic nitrogens is 2. The molecule has 2 aliphatic rings. The average molecular weight is 354 g/mol. The second-order valence-corrected chi connectivity index (χ2v) is 6.72. The first kappa shape index (κ1) is 16.6. The zero-order valence-corrected chi connectivity index (χ0v) is 14.9. The van der Waals surface area contributed by atoms with Crippen LogP contribution in [0, 0.1) is 0 Å². The molecule has 0 unspecified atom stereocenters. The number of fused-ring (bicyclic) bond motifs is 1. The van der Waals surface area contributed by atoms with Crippen molar-refractivity contribution in [2.24, 2.45) is 0 Å². The lowest BCUT2D eigenvalue weighted by atomic mass is 10.1. The van der Waals surface area contributed by atoms with Crippen LogP contribution < -0.4 is 4.74 Å². The molecule has 0 spiro atoms. The van der Waals surface area contributed by atoms with Gasteiger partial charge < -0.3 is 14.5 Å². The van der Waals surface area contributed by atoms with Crippen molar-refractivity contribution >= 4 is 11.8 Å². The molecule has 0 radical (unpaired) electrons. The lowest BCUT2D eigenvalue weighted by Gasteiger charge is -2.27. The Kier molecular flexibility index (Phi) is 4.36. The van der Waals surface area contributed by atoms with Gasteiger partial charge in [0.1, 0.15) is 11.4 Å². The van der Waals surface area contributed by atoms with E-state index in [4.69, 9.17) is 4.74 Å². The van der Waals surface area contributed by atoms with Crippen molar-refractivity contribution in [1.29, 1.82) is 0 Å². The number of nitrogens with zero attached hydrogens (tertiary/aromatic N) is 4. The van der Waals surface area contributed by atoms with E-state index in [1.54, 1.807) is 22.8 Å². The summed E-state index contributed by atoms with van der Waals surface area (Å²) in [5.74, 6) is 0.610. The number of ether oxygens (including phenoxy) is 1. The normalized spacial score (nSPS) is 16.7. The zero-order valence-electron chi connectivity index (χ0n) is 14.9. The highest BCUT2D eigenvalue weighted by atomic mass is 16.5. The Balaban J connectivity index is 1.51. The number of benzene rings is 1. The van der Waals surface area contributed by atoms with Gasteiger partial charge in [-0.2, -0.15) is 5.10 Å². The van der Waals surface area contributed by atoms with E-state index < -0.39 is 0 Å². The van der Waals surface area contributed by atoms with Crippen LogP contribution >= 0.6 is 0 Å². The van der Waals surface area contributed by atoms with E-state index in [2.05, 4.69) is 5.10 Å². The molecule has 1 fully saturated rings. The maximum Gasteiger partial charge on any atom is 0.274 e. The number of hydrogen-bond donors (Lipinski definition) is 0. The third-order valence-corrected chi connectivity index (χ3v) is 4.99. The van der Waals surface area contributed by atoms with Crippen LogP contribution in [0.1, 0.15) is 39.4 Å². The second-order valence-electron chi connectivity index (χ2n) is 6.72. The monoisotopic (exact) mass is 354 g/mol. The summed E-state index contributed by atoms with van der Waals surface area (Å²) in [6, 6.07) is 9.35. The van der Waals surface area contributed by atoms with E-state index in [1.165, 1.54) is 0 Å². The van der Waals surface area contributed by atoms with Crippen LogP contribution in [0.2, 0.25) is 0 Å². The fraction of sp³-hybridized carbons (Fsp3) is 0.421. The number of rotatable bonds is 4. The molecule has 2 aliphatic heterocycles. The fourth-order valence-electron chi connectivity index (χ4n) is 3.57. The van der Waals surface area contributed by atoms with Gasteiger partial charge in [0.05, 0.1) is 13.7 Å². The molecule has 7 nitrogen and oxygen atoms in total. The Morgan fingerprint density at radius 2 is 1.96 bits per heavy atom. The van der Waals surface area contributed by atoms with Gasteiger partial charge in [-0.15, -0.1) is 0 Å². The van der Waals surface area contributed by atoms with Gasteiger partial charge in [-0.1, -0.05) is 12.1 Å². The molecular formula is C19H22N4O3. The summed E-state index contributed by atoms with van der Waals surface area (Å²) in [5, 5.41) is 4.37. The summed E-state index contributed by atoms with van der Waals surface area (Å²) in [7, 11) is 1.63. The van der Waals surface area contributed by atoms with Crippen LogP contribution in [0.5, 0.6) is 5.75 Å². The molecule has 2 amide bonds. The van der Waals surface area contributed by atoms with Gasteiger partial charge in [0.15, 0.2) is 5.69 Å². The molecule has 0 bridgehead atoms. The highest BCUT2D eigenvalue weighted by Gasteiger charge is 2.30. The lowest BCUT2D eigenvalue weighted by molar-refractivity contribution is 0.0681. The number of carbonyl (C=O) groups is 2. The minimum absolute atomic E-state index is 0.0726. The number of hydrogen-bond acceptors (Lipinski definition) is 4. The molecule has 4 rings (SSSR count). The molecule has 0 aliphatic carbocycles. The molecule has 0 atom stereocenters. The number of amides is 2. The third-order valence-electron chi connectivity index (χ3n) is 4.99. The van der Waals surface area contributed by atoms with Crippen LogP contribution in [-0.2, 0) is 13.1 Å². The molecule has 3 heterocycles. The van der Waals surface area contributed by atoms with Crippen LogP contribution in [0.3, 0.4) is 0 Å². The molecule has 1 aromatic carbocycles. The molecule has 2 aromatic rings. The van der Waals surface area contributed by atoms with Gasteiger partial charge in [0, 0.05) is 32.2 Å². The second kappa shape index (κ2) is 6.82. The quantitative estimate of drug-likeness (QED) is 0.839. The van der Waals surface area contributed by atoms with E-state index in [9.17, 15) is 9.59 Å². The molecule has 0 saturated carbocycles. The lowest BCUT2D eigenvalue weighted by Crippen LogP contribution is -2.39. The number of carbonyl (C=O) groups excluding carboxylic acids is 2. The van der Waals surface area contributed by atoms with Crippen molar-refractivity contribution in [3.05, 3.63) is 47.3 Å². The predicted molar refractivity (Wildman–Crippen MR) is 95.1 cm³/mol. The van der Waals surface area contributed by atoms with Gasteiger partial charge in [0.2, 0.25) is 0 Å². The van der Waals surface area contributed by atoms with Gasteiger partial charge in [-0.25, -0.2) is 0 Å². The summed E-state index contributed by atoms with van der Waals surface area (Å²) in [5.41, 5.74) is 1.87. The first-order chi connectivity index (χ1) is 12.7. The molecule has 26 heavy (non-hydrogen) atoms. The van der Waals surface area contributed by atoms with E-state index in [0.29, 0.717) is 31.0 Å². The molecule has 0 N–H and O–H groups in total. The van der Waals surface area contributed by atoms with Crippen molar-refractivity contribution < 1.29 is 14.3 Å². The van der Waals surface area contributed by atoms with E-state index in [1.807, 2.05) is 29.2 Å². The van der Waals surface area contributed by atoms with Gasteiger partial charge in [-0.3, -0.25) is 14.3 Å². The van der Waals surface area contributed by atoms with E-state index in [-0.39, 0.29) is 11.8 Å². The molecule has 7 heteroatoms. The topological polar surface area (TPSA) is 67.7 Å². The first-order valence-corrected chi connectivity index (χ1v) is 8.95. The Hall–Kier alpha value is -2.83. The van der Waals surface area contributed by atoms with Crippen LogP contribution in [0.25, 0.3) is 0 Å². The third kappa shape index (κ3) is 3.05. The molecular weight excluding hydrogens is 332 g/mol. The summed E-state index contributed by atoms with van der Waals surface area (Å²) < 4.78 is 6.91. The number of likely N-dealkylation sites (tertiary alicyclic amines) is 1. The van der Waals surface area contributed by atoms with Gasteiger partial charge in [0.25, 0.3) is 11.8 Å². The Bertz CT molecular complexity index is 839. The van der Waals surface area contributed by atoms with Crippen molar-refractivity contribution in [3.8, 4) is 5.75 Å². The van der Waals surface area contributed by atoms with Crippen LogP contribution in [-0.4, -0.2) is 58.1 Å². The molecule has 1 aromatic heterocycles. The predicted octanol–water partition coefficient (Wildman–Crippen LogP) is 1.78. The largest absolute Gasteiger partial charge is 0.497 e.